The van der Waals surface area contributed by atoms with Gasteiger partial charge in [0, 0.05) is 36.8 Å². The Kier molecular flexibility index (Phi) is 6.48. The maximum atomic E-state index is 12.9. The second kappa shape index (κ2) is 8.81. The Morgan fingerprint density at radius 2 is 1.73 bits per heavy atom. The van der Waals surface area contributed by atoms with E-state index in [1.165, 1.54) is 0 Å². The third-order valence-electron chi connectivity index (χ3n) is 4.37. The van der Waals surface area contributed by atoms with Gasteiger partial charge >= 0.3 is 0 Å². The van der Waals surface area contributed by atoms with Crippen molar-refractivity contribution in [3.8, 4) is 11.3 Å². The van der Waals surface area contributed by atoms with Gasteiger partial charge in [0.2, 0.25) is 5.91 Å². The lowest BCUT2D eigenvalue weighted by atomic mass is 10.1. The molecular formula is C19H19ClIN3O2. The molecule has 1 saturated heterocycles. The number of nitrogens with zero attached hydrogens (tertiary/aromatic N) is 3. The molecule has 0 unspecified atom stereocenters. The third kappa shape index (κ3) is 4.35. The summed E-state index contributed by atoms with van der Waals surface area (Å²) in [5, 5.41) is 0.604. The molecule has 1 aromatic heterocycles. The minimum Gasteiger partial charge on any atom is -0.340 e. The Balaban J connectivity index is 1.77. The highest BCUT2D eigenvalue weighted by Crippen LogP contribution is 2.26. The van der Waals surface area contributed by atoms with Crippen molar-refractivity contribution in [2.24, 2.45) is 0 Å². The lowest BCUT2D eigenvalue weighted by molar-refractivity contribution is -0.127. The lowest BCUT2D eigenvalue weighted by Crippen LogP contribution is -2.38. The minimum atomic E-state index is -0.109. The van der Waals surface area contributed by atoms with Crippen molar-refractivity contribution in [2.75, 3.05) is 30.6 Å². The first-order valence-electron chi connectivity index (χ1n) is 8.45. The molecule has 7 heteroatoms. The molecule has 0 aliphatic carbocycles. The van der Waals surface area contributed by atoms with Crippen molar-refractivity contribution in [3.05, 3.63) is 53.2 Å². The number of hydrogen-bond acceptors (Lipinski definition) is 3. The molecule has 2 aromatic rings. The predicted molar refractivity (Wildman–Crippen MR) is 111 cm³/mol. The molecular weight excluding hydrogens is 465 g/mol. The summed E-state index contributed by atoms with van der Waals surface area (Å²) in [5.41, 5.74) is 1.88. The van der Waals surface area contributed by atoms with Gasteiger partial charge in [-0.15, -0.1) is 0 Å². The standard InChI is InChI=1S/C19H19ClIN3O2/c20-15-6-2-1-5-14(15)16-7-3-8-17(22-16)19(26)24-10-4-9-23(11-12-24)18(25)13-21/h1-3,5-8H,4,9-13H2. The number of pyridine rings is 1. The molecule has 0 N–H and O–H groups in total. The number of amides is 2. The van der Waals surface area contributed by atoms with Crippen LogP contribution in [0.2, 0.25) is 5.02 Å². The van der Waals surface area contributed by atoms with E-state index in [0.29, 0.717) is 47.0 Å². The molecule has 0 bridgehead atoms. The summed E-state index contributed by atoms with van der Waals surface area (Å²) in [6.45, 7) is 2.41. The van der Waals surface area contributed by atoms with E-state index in [4.69, 9.17) is 11.6 Å². The minimum absolute atomic E-state index is 0.109. The molecule has 2 amide bonds. The molecule has 0 atom stereocenters. The number of halogens is 2. The van der Waals surface area contributed by atoms with E-state index in [2.05, 4.69) is 27.6 Å². The van der Waals surface area contributed by atoms with Gasteiger partial charge in [0.15, 0.2) is 0 Å². The average Bonchev–Trinajstić information content (AvgIpc) is 2.93. The first kappa shape index (κ1) is 19.1. The van der Waals surface area contributed by atoms with Gasteiger partial charge in [0.25, 0.3) is 5.91 Å². The lowest BCUT2D eigenvalue weighted by Gasteiger charge is -2.21. The molecule has 1 aliphatic heterocycles. The fraction of sp³-hybridized carbons (Fsp3) is 0.316. The molecule has 5 nitrogen and oxygen atoms in total. The number of alkyl halides is 1. The van der Waals surface area contributed by atoms with Crippen molar-refractivity contribution in [1.29, 1.82) is 0 Å². The van der Waals surface area contributed by atoms with Crippen LogP contribution in [0.25, 0.3) is 11.3 Å². The molecule has 2 heterocycles. The number of carbonyl (C=O) groups is 2. The Morgan fingerprint density at radius 3 is 2.50 bits per heavy atom. The Morgan fingerprint density at radius 1 is 1.00 bits per heavy atom. The van der Waals surface area contributed by atoms with Crippen LogP contribution in [0.1, 0.15) is 16.9 Å². The normalized spacial score (nSPS) is 14.8. The molecule has 26 heavy (non-hydrogen) atoms. The molecule has 0 radical (unpaired) electrons. The van der Waals surface area contributed by atoms with Crippen LogP contribution in [0, 0.1) is 0 Å². The summed E-state index contributed by atoms with van der Waals surface area (Å²) >= 11 is 8.32. The van der Waals surface area contributed by atoms with Crippen LogP contribution < -0.4 is 0 Å². The molecule has 0 saturated carbocycles. The molecule has 1 aliphatic rings. The first-order chi connectivity index (χ1) is 12.6. The van der Waals surface area contributed by atoms with Gasteiger partial charge in [-0.3, -0.25) is 9.59 Å². The molecule has 0 spiro atoms. The highest BCUT2D eigenvalue weighted by molar-refractivity contribution is 14.1. The van der Waals surface area contributed by atoms with Crippen LogP contribution in [0.5, 0.6) is 0 Å². The van der Waals surface area contributed by atoms with Gasteiger partial charge in [-0.2, -0.15) is 0 Å². The number of hydrogen-bond donors (Lipinski definition) is 0. The van der Waals surface area contributed by atoms with Crippen molar-refractivity contribution >= 4 is 46.0 Å². The largest absolute Gasteiger partial charge is 0.340 e. The molecule has 1 fully saturated rings. The maximum Gasteiger partial charge on any atom is 0.272 e. The zero-order chi connectivity index (χ0) is 18.5. The van der Waals surface area contributed by atoms with Crippen LogP contribution in [-0.4, -0.2) is 57.2 Å². The highest BCUT2D eigenvalue weighted by atomic mass is 127. The summed E-state index contributed by atoms with van der Waals surface area (Å²) in [6.07, 6.45) is 0.776. The van der Waals surface area contributed by atoms with E-state index >= 15 is 0 Å². The van der Waals surface area contributed by atoms with Crippen LogP contribution in [0.3, 0.4) is 0 Å². The van der Waals surface area contributed by atoms with Gasteiger partial charge < -0.3 is 9.80 Å². The monoisotopic (exact) mass is 483 g/mol. The van der Waals surface area contributed by atoms with E-state index in [1.807, 2.05) is 35.2 Å². The summed E-state index contributed by atoms with van der Waals surface area (Å²) < 4.78 is 0.465. The fourth-order valence-electron chi connectivity index (χ4n) is 2.99. The van der Waals surface area contributed by atoms with Crippen LogP contribution in [0.4, 0.5) is 0 Å². The van der Waals surface area contributed by atoms with Gasteiger partial charge in [-0.1, -0.05) is 58.5 Å². The predicted octanol–water partition coefficient (Wildman–Crippen LogP) is 3.51. The topological polar surface area (TPSA) is 53.5 Å². The fourth-order valence-corrected chi connectivity index (χ4v) is 3.70. The Bertz CT molecular complexity index is 815. The second-order valence-corrected chi connectivity index (χ2v) is 7.22. The highest BCUT2D eigenvalue weighted by Gasteiger charge is 2.23. The zero-order valence-corrected chi connectivity index (χ0v) is 17.1. The van der Waals surface area contributed by atoms with Gasteiger partial charge in [0.1, 0.15) is 5.69 Å². The Hall–Kier alpha value is -1.67. The van der Waals surface area contributed by atoms with Gasteiger partial charge in [0.05, 0.1) is 10.1 Å². The third-order valence-corrected chi connectivity index (χ3v) is 5.35. The van der Waals surface area contributed by atoms with Crippen molar-refractivity contribution < 1.29 is 9.59 Å². The maximum absolute atomic E-state index is 12.9. The van der Waals surface area contributed by atoms with Crippen LogP contribution in [0.15, 0.2) is 42.5 Å². The molecule has 1 aromatic carbocycles. The van der Waals surface area contributed by atoms with Crippen molar-refractivity contribution in [3.63, 3.8) is 0 Å². The van der Waals surface area contributed by atoms with Gasteiger partial charge in [-0.25, -0.2) is 4.98 Å². The molecule has 136 valence electrons. The van der Waals surface area contributed by atoms with Crippen molar-refractivity contribution in [2.45, 2.75) is 6.42 Å². The summed E-state index contributed by atoms with van der Waals surface area (Å²) in [4.78, 5) is 32.9. The van der Waals surface area contributed by atoms with E-state index in [0.717, 1.165) is 12.0 Å². The SMILES string of the molecule is O=C(CI)N1CCCN(C(=O)c2cccc(-c3ccccc3Cl)n2)CC1. The van der Waals surface area contributed by atoms with Gasteiger partial charge in [-0.05, 0) is 24.6 Å². The zero-order valence-electron chi connectivity index (χ0n) is 14.2. The van der Waals surface area contributed by atoms with E-state index < -0.39 is 0 Å². The van der Waals surface area contributed by atoms with Crippen molar-refractivity contribution in [1.82, 2.24) is 14.8 Å². The molecule has 3 rings (SSSR count). The number of benzene rings is 1. The Labute approximate surface area is 171 Å². The smallest absolute Gasteiger partial charge is 0.272 e. The first-order valence-corrected chi connectivity index (χ1v) is 10.4. The van der Waals surface area contributed by atoms with E-state index in [9.17, 15) is 9.59 Å². The second-order valence-electron chi connectivity index (χ2n) is 6.05. The van der Waals surface area contributed by atoms with Crippen LogP contribution >= 0.6 is 34.2 Å². The number of carbonyl (C=O) groups excluding carboxylic acids is 2. The number of rotatable bonds is 3. The average molecular weight is 484 g/mol. The number of aromatic nitrogens is 1. The summed E-state index contributed by atoms with van der Waals surface area (Å²) in [6, 6.07) is 12.8. The van der Waals surface area contributed by atoms with Crippen LogP contribution in [-0.2, 0) is 4.79 Å². The van der Waals surface area contributed by atoms with E-state index in [-0.39, 0.29) is 11.8 Å². The quantitative estimate of drug-likeness (QED) is 0.496. The van der Waals surface area contributed by atoms with E-state index in [1.54, 1.807) is 17.0 Å². The summed E-state index contributed by atoms with van der Waals surface area (Å²) in [7, 11) is 0. The summed E-state index contributed by atoms with van der Waals surface area (Å²) in [5.74, 6) is 0.0152.